The predicted molar refractivity (Wildman–Crippen MR) is 88.9 cm³/mol. The molecule has 25 heavy (non-hydrogen) atoms. The number of carbonyl (C=O) groups is 2. The van der Waals surface area contributed by atoms with E-state index in [1.54, 1.807) is 19.1 Å². The van der Waals surface area contributed by atoms with Gasteiger partial charge in [-0.25, -0.2) is 4.79 Å². The SMILES string of the molecule is CCOC(=O)c1cc(C(C)=O)nn(-c2ccc(OC)c(OC)c2)c1=O. The minimum absolute atomic E-state index is 0.0302. The van der Waals surface area contributed by atoms with Crippen LogP contribution in [0.1, 0.15) is 34.7 Å². The number of hydrogen-bond acceptors (Lipinski definition) is 7. The zero-order valence-corrected chi connectivity index (χ0v) is 14.4. The first-order chi connectivity index (χ1) is 11.9. The number of esters is 1. The molecule has 1 heterocycles. The Kier molecular flexibility index (Phi) is 5.53. The first-order valence-corrected chi connectivity index (χ1v) is 7.47. The van der Waals surface area contributed by atoms with Crippen molar-refractivity contribution >= 4 is 11.8 Å². The maximum absolute atomic E-state index is 12.6. The zero-order valence-electron chi connectivity index (χ0n) is 14.4. The van der Waals surface area contributed by atoms with Gasteiger partial charge in [0, 0.05) is 13.0 Å². The van der Waals surface area contributed by atoms with Crippen molar-refractivity contribution in [3.63, 3.8) is 0 Å². The number of aromatic nitrogens is 2. The van der Waals surface area contributed by atoms with Crippen LogP contribution in [-0.2, 0) is 4.74 Å². The van der Waals surface area contributed by atoms with Gasteiger partial charge in [0.25, 0.3) is 5.56 Å². The monoisotopic (exact) mass is 346 g/mol. The van der Waals surface area contributed by atoms with E-state index in [2.05, 4.69) is 5.10 Å². The van der Waals surface area contributed by atoms with Crippen LogP contribution in [0.25, 0.3) is 5.69 Å². The largest absolute Gasteiger partial charge is 0.493 e. The van der Waals surface area contributed by atoms with Crippen LogP contribution < -0.4 is 15.0 Å². The van der Waals surface area contributed by atoms with Gasteiger partial charge in [0.2, 0.25) is 0 Å². The van der Waals surface area contributed by atoms with Crippen LogP contribution in [0, 0.1) is 0 Å². The van der Waals surface area contributed by atoms with Crippen molar-refractivity contribution in [2.45, 2.75) is 13.8 Å². The van der Waals surface area contributed by atoms with Gasteiger partial charge in [-0.15, -0.1) is 0 Å². The second kappa shape index (κ2) is 7.61. The lowest BCUT2D eigenvalue weighted by Gasteiger charge is -2.12. The van der Waals surface area contributed by atoms with E-state index >= 15 is 0 Å². The molecular weight excluding hydrogens is 328 g/mol. The van der Waals surface area contributed by atoms with Crippen molar-refractivity contribution in [2.24, 2.45) is 0 Å². The Morgan fingerprint density at radius 1 is 1.12 bits per heavy atom. The fourth-order valence-corrected chi connectivity index (χ4v) is 2.15. The summed E-state index contributed by atoms with van der Waals surface area (Å²) in [7, 11) is 2.94. The van der Waals surface area contributed by atoms with E-state index < -0.39 is 11.5 Å². The zero-order chi connectivity index (χ0) is 18.6. The minimum atomic E-state index is -0.813. The molecule has 1 aromatic carbocycles. The van der Waals surface area contributed by atoms with Crippen molar-refractivity contribution in [3.8, 4) is 17.2 Å². The molecule has 0 bridgehead atoms. The molecule has 0 saturated heterocycles. The highest BCUT2D eigenvalue weighted by Crippen LogP contribution is 2.28. The molecule has 1 aromatic heterocycles. The molecule has 0 aliphatic carbocycles. The fourth-order valence-electron chi connectivity index (χ4n) is 2.15. The van der Waals surface area contributed by atoms with Crippen LogP contribution >= 0.6 is 0 Å². The third-order valence-electron chi connectivity index (χ3n) is 3.38. The molecule has 0 atom stereocenters. The van der Waals surface area contributed by atoms with Gasteiger partial charge in [0.15, 0.2) is 17.3 Å². The maximum atomic E-state index is 12.6. The Balaban J connectivity index is 2.70. The van der Waals surface area contributed by atoms with Gasteiger partial charge in [-0.3, -0.25) is 9.59 Å². The highest BCUT2D eigenvalue weighted by molar-refractivity contribution is 5.96. The average molecular weight is 346 g/mol. The van der Waals surface area contributed by atoms with Crippen LogP contribution in [0.2, 0.25) is 0 Å². The molecule has 132 valence electrons. The molecule has 0 saturated carbocycles. The second-order valence-electron chi connectivity index (χ2n) is 4.98. The summed E-state index contributed by atoms with van der Waals surface area (Å²) in [5.74, 6) is -0.362. The Hall–Kier alpha value is -3.16. The average Bonchev–Trinajstić information content (AvgIpc) is 2.61. The standard InChI is InChI=1S/C17H18N2O6/c1-5-25-17(22)12-9-13(10(2)20)18-19(16(12)21)11-6-7-14(23-3)15(8-11)24-4/h6-9H,5H2,1-4H3. The van der Waals surface area contributed by atoms with Crippen LogP contribution in [0.4, 0.5) is 0 Å². The molecule has 0 radical (unpaired) electrons. The van der Waals surface area contributed by atoms with Gasteiger partial charge < -0.3 is 14.2 Å². The summed E-state index contributed by atoms with van der Waals surface area (Å²) in [6.07, 6.45) is 0. The molecule has 0 N–H and O–H groups in total. The molecule has 0 fully saturated rings. The molecule has 0 aliphatic heterocycles. The highest BCUT2D eigenvalue weighted by Gasteiger charge is 2.19. The van der Waals surface area contributed by atoms with Crippen LogP contribution in [0.15, 0.2) is 29.1 Å². The van der Waals surface area contributed by atoms with Crippen molar-refractivity contribution in [1.29, 1.82) is 0 Å². The molecule has 8 nitrogen and oxygen atoms in total. The number of Topliss-reactive ketones (excluding diaryl/α,β-unsaturated/α-hetero) is 1. The highest BCUT2D eigenvalue weighted by atomic mass is 16.5. The van der Waals surface area contributed by atoms with Gasteiger partial charge in [-0.1, -0.05) is 0 Å². The molecule has 0 aliphatic rings. The second-order valence-corrected chi connectivity index (χ2v) is 4.98. The molecule has 0 spiro atoms. The van der Waals surface area contributed by atoms with Crippen molar-refractivity contribution in [1.82, 2.24) is 9.78 Å². The van der Waals surface area contributed by atoms with E-state index in [-0.39, 0.29) is 23.6 Å². The summed E-state index contributed by atoms with van der Waals surface area (Å²) in [5.41, 5.74) is -0.679. The van der Waals surface area contributed by atoms with E-state index in [0.717, 1.165) is 10.7 Å². The topological polar surface area (TPSA) is 96.7 Å². The number of nitrogens with zero attached hydrogens (tertiary/aromatic N) is 2. The summed E-state index contributed by atoms with van der Waals surface area (Å²) in [6, 6.07) is 5.81. The normalized spacial score (nSPS) is 10.2. The summed E-state index contributed by atoms with van der Waals surface area (Å²) < 4.78 is 16.2. The smallest absolute Gasteiger partial charge is 0.343 e. The minimum Gasteiger partial charge on any atom is -0.493 e. The van der Waals surface area contributed by atoms with Crippen molar-refractivity contribution < 1.29 is 23.8 Å². The molecule has 0 amide bonds. The van der Waals surface area contributed by atoms with Crippen LogP contribution in [0.3, 0.4) is 0 Å². The van der Waals surface area contributed by atoms with Crippen LogP contribution in [-0.4, -0.2) is 42.4 Å². The molecule has 2 aromatic rings. The number of ketones is 1. The summed E-state index contributed by atoms with van der Waals surface area (Å²) in [6.45, 7) is 3.02. The van der Waals surface area contributed by atoms with Crippen molar-refractivity contribution in [3.05, 3.63) is 45.9 Å². The summed E-state index contributed by atoms with van der Waals surface area (Å²) >= 11 is 0. The Labute approximate surface area is 143 Å². The summed E-state index contributed by atoms with van der Waals surface area (Å²) in [4.78, 5) is 36.4. The lowest BCUT2D eigenvalue weighted by atomic mass is 10.2. The third-order valence-corrected chi connectivity index (χ3v) is 3.38. The number of hydrogen-bond donors (Lipinski definition) is 0. The number of methoxy groups -OCH3 is 2. The number of carbonyl (C=O) groups excluding carboxylic acids is 2. The van der Waals surface area contributed by atoms with Gasteiger partial charge >= 0.3 is 5.97 Å². The Morgan fingerprint density at radius 2 is 1.80 bits per heavy atom. The molecule has 8 heteroatoms. The predicted octanol–water partition coefficient (Wildman–Crippen LogP) is 1.63. The lowest BCUT2D eigenvalue weighted by molar-refractivity contribution is 0.0523. The Morgan fingerprint density at radius 3 is 2.36 bits per heavy atom. The van der Waals surface area contributed by atoms with E-state index in [0.29, 0.717) is 17.2 Å². The number of rotatable bonds is 6. The van der Waals surface area contributed by atoms with E-state index in [9.17, 15) is 14.4 Å². The molecule has 0 unspecified atom stereocenters. The van der Waals surface area contributed by atoms with Crippen LogP contribution in [0.5, 0.6) is 11.5 Å². The van der Waals surface area contributed by atoms with E-state index in [1.807, 2.05) is 0 Å². The number of benzene rings is 1. The van der Waals surface area contributed by atoms with Gasteiger partial charge in [-0.05, 0) is 25.1 Å². The molecular formula is C17H18N2O6. The summed E-state index contributed by atoms with van der Waals surface area (Å²) in [5, 5.41) is 4.03. The van der Waals surface area contributed by atoms with Crippen molar-refractivity contribution in [2.75, 3.05) is 20.8 Å². The maximum Gasteiger partial charge on any atom is 0.343 e. The van der Waals surface area contributed by atoms with E-state index in [4.69, 9.17) is 14.2 Å². The van der Waals surface area contributed by atoms with Gasteiger partial charge in [0.05, 0.1) is 26.5 Å². The first kappa shape index (κ1) is 18.2. The fraction of sp³-hybridized carbons (Fsp3) is 0.294. The quantitative estimate of drug-likeness (QED) is 0.579. The van der Waals surface area contributed by atoms with Gasteiger partial charge in [-0.2, -0.15) is 9.78 Å². The van der Waals surface area contributed by atoms with Gasteiger partial charge in [0.1, 0.15) is 11.3 Å². The first-order valence-electron chi connectivity index (χ1n) is 7.47. The van der Waals surface area contributed by atoms with E-state index in [1.165, 1.54) is 27.2 Å². The lowest BCUT2D eigenvalue weighted by Crippen LogP contribution is -2.30. The number of ether oxygens (including phenoxy) is 3. The Bertz CT molecular complexity index is 872. The molecule has 2 rings (SSSR count). The third kappa shape index (κ3) is 3.68.